The summed E-state index contributed by atoms with van der Waals surface area (Å²) in [6, 6.07) is 0. The molecule has 0 N–H and O–H groups in total. The molecule has 0 aliphatic carbocycles. The quantitative estimate of drug-likeness (QED) is 0.499. The van der Waals surface area contributed by atoms with Crippen molar-refractivity contribution in [3.8, 4) is 0 Å². The molecule has 0 aromatic rings. The van der Waals surface area contributed by atoms with Gasteiger partial charge in [0.15, 0.2) is 0 Å². The molecule has 0 saturated carbocycles. The number of rotatable bonds is 2. The maximum Gasteiger partial charge on any atom is 0.0348 e. The summed E-state index contributed by atoms with van der Waals surface area (Å²) in [5, 5.41) is 1.61. The van der Waals surface area contributed by atoms with E-state index in [0.29, 0.717) is 0 Å². The summed E-state index contributed by atoms with van der Waals surface area (Å²) in [4.78, 5) is 2.22. The van der Waals surface area contributed by atoms with Crippen molar-refractivity contribution in [3.05, 3.63) is 10.8 Å². The van der Waals surface area contributed by atoms with Crippen molar-refractivity contribution in [1.29, 1.82) is 0 Å². The molecule has 1 nitrogen and oxygen atoms in total. The van der Waals surface area contributed by atoms with Gasteiger partial charge in [-0.15, -0.1) is 0 Å². The number of allylic oxidation sites excluding steroid dienone is 1. The van der Waals surface area contributed by atoms with Crippen LogP contribution in [-0.2, 0) is 0 Å². The second kappa shape index (κ2) is 3.85. The van der Waals surface area contributed by atoms with Crippen LogP contribution in [0.25, 0.3) is 0 Å². The molecule has 0 aromatic heterocycles. The Hall–Kier alpha value is -0.0831. The molecule has 0 rings (SSSR count). The Kier molecular flexibility index (Phi) is 3.82. The van der Waals surface area contributed by atoms with Crippen LogP contribution in [-0.4, -0.2) is 35.8 Å². The lowest BCUT2D eigenvalue weighted by molar-refractivity contribution is 0.451. The first-order chi connectivity index (χ1) is 4.04. The van der Waals surface area contributed by atoms with Gasteiger partial charge < -0.3 is 4.90 Å². The van der Waals surface area contributed by atoms with E-state index in [1.54, 1.807) is 5.20 Å². The van der Waals surface area contributed by atoms with Gasteiger partial charge in [-0.05, 0) is 27.9 Å². The first-order valence-corrected chi connectivity index (χ1v) is 4.31. The first kappa shape index (κ1) is 8.92. The monoisotopic (exact) mass is 143 g/mol. The molecule has 0 unspecified atom stereocenters. The summed E-state index contributed by atoms with van der Waals surface area (Å²) in [7, 11) is 5.43. The summed E-state index contributed by atoms with van der Waals surface area (Å²) in [6.45, 7) is 5.52. The molecule has 0 aromatic carbocycles. The van der Waals surface area contributed by atoms with Crippen molar-refractivity contribution < 1.29 is 0 Å². The minimum absolute atomic E-state index is 1.15. The van der Waals surface area contributed by atoms with E-state index >= 15 is 0 Å². The van der Waals surface area contributed by atoms with Crippen LogP contribution >= 0.6 is 0 Å². The molecule has 54 valence electrons. The third-order valence-corrected chi connectivity index (χ3v) is 2.72. The fourth-order valence-electron chi connectivity index (χ4n) is 0.632. The summed E-state index contributed by atoms with van der Waals surface area (Å²) in [5.41, 5.74) is 1.50. The Morgan fingerprint density at radius 1 is 1.33 bits per heavy atom. The normalized spacial score (nSPS) is 10.3. The Labute approximate surface area is 61.2 Å². The second-order valence-electron chi connectivity index (χ2n) is 3.02. The molecule has 0 radical (unpaired) electrons. The molecule has 0 saturated heterocycles. The van der Waals surface area contributed by atoms with Crippen molar-refractivity contribution in [2.45, 2.75) is 13.8 Å². The lowest BCUT2D eigenvalue weighted by Crippen LogP contribution is -2.15. The molecule has 0 aliphatic heterocycles. The predicted octanol–water partition coefficient (Wildman–Crippen LogP) is 0.207. The third-order valence-electron chi connectivity index (χ3n) is 1.41. The number of nitrogens with zero attached hydrogens (tertiary/aromatic N) is 1. The standard InChI is InChI=1S/C7H17NSi/c1-6(2)7(9)5-8(3)4/h5H2,1-4,9H3. The van der Waals surface area contributed by atoms with E-state index in [1.807, 2.05) is 0 Å². The van der Waals surface area contributed by atoms with E-state index in [-0.39, 0.29) is 0 Å². The maximum absolute atomic E-state index is 2.22. The van der Waals surface area contributed by atoms with Gasteiger partial charge in [-0.25, -0.2) is 0 Å². The van der Waals surface area contributed by atoms with Gasteiger partial charge in [0.2, 0.25) is 0 Å². The summed E-state index contributed by atoms with van der Waals surface area (Å²) in [5.74, 6) is 0. The molecule has 0 spiro atoms. The Bertz CT molecular complexity index is 112. The van der Waals surface area contributed by atoms with Gasteiger partial charge in [0.05, 0.1) is 0 Å². The van der Waals surface area contributed by atoms with E-state index in [1.165, 1.54) is 15.8 Å². The molecular formula is C7H17NSi. The van der Waals surface area contributed by atoms with E-state index in [2.05, 4.69) is 32.8 Å². The van der Waals surface area contributed by atoms with E-state index < -0.39 is 0 Å². The largest absolute Gasteiger partial charge is 0.306 e. The fourth-order valence-corrected chi connectivity index (χ4v) is 1.26. The molecule has 9 heavy (non-hydrogen) atoms. The van der Waals surface area contributed by atoms with Crippen LogP contribution in [0.2, 0.25) is 0 Å². The highest BCUT2D eigenvalue weighted by atomic mass is 28.1. The van der Waals surface area contributed by atoms with Crippen molar-refractivity contribution in [2.75, 3.05) is 20.6 Å². The SMILES string of the molecule is CC(C)=C([SiH3])CN(C)C. The van der Waals surface area contributed by atoms with Crippen molar-refractivity contribution in [2.24, 2.45) is 0 Å². The van der Waals surface area contributed by atoms with Crippen LogP contribution in [0.4, 0.5) is 0 Å². The second-order valence-corrected chi connectivity index (χ2v) is 4.23. The van der Waals surface area contributed by atoms with Gasteiger partial charge in [0.1, 0.15) is 0 Å². The number of likely N-dealkylation sites (N-methyl/N-ethyl adjacent to an activating group) is 1. The summed E-state index contributed by atoms with van der Waals surface area (Å²) < 4.78 is 0. The van der Waals surface area contributed by atoms with Gasteiger partial charge in [0.25, 0.3) is 0 Å². The summed E-state index contributed by atoms with van der Waals surface area (Å²) >= 11 is 0. The maximum atomic E-state index is 2.22. The van der Waals surface area contributed by atoms with Crippen molar-refractivity contribution in [1.82, 2.24) is 4.90 Å². The molecule has 0 aliphatic rings. The lowest BCUT2D eigenvalue weighted by Gasteiger charge is -2.10. The summed E-state index contributed by atoms with van der Waals surface area (Å²) in [6.07, 6.45) is 0. The van der Waals surface area contributed by atoms with E-state index in [0.717, 1.165) is 6.54 Å². The highest BCUT2D eigenvalue weighted by Crippen LogP contribution is 1.97. The third kappa shape index (κ3) is 4.42. The highest BCUT2D eigenvalue weighted by Gasteiger charge is 1.92. The average Bonchev–Trinajstić information content (AvgIpc) is 1.63. The molecular weight excluding hydrogens is 126 g/mol. The number of hydrogen-bond acceptors (Lipinski definition) is 1. The highest BCUT2D eigenvalue weighted by molar-refractivity contribution is 6.22. The zero-order chi connectivity index (χ0) is 7.44. The smallest absolute Gasteiger partial charge is 0.0348 e. The van der Waals surface area contributed by atoms with Gasteiger partial charge in [-0.3, -0.25) is 0 Å². The van der Waals surface area contributed by atoms with Crippen LogP contribution in [0.5, 0.6) is 0 Å². The van der Waals surface area contributed by atoms with Gasteiger partial charge in [-0.2, -0.15) is 0 Å². The lowest BCUT2D eigenvalue weighted by atomic mass is 10.3. The molecule has 0 amide bonds. The topological polar surface area (TPSA) is 3.24 Å². The van der Waals surface area contributed by atoms with Gasteiger partial charge >= 0.3 is 0 Å². The average molecular weight is 143 g/mol. The first-order valence-electron chi connectivity index (χ1n) is 3.31. The molecule has 2 heteroatoms. The minimum Gasteiger partial charge on any atom is -0.306 e. The predicted molar refractivity (Wildman–Crippen MR) is 46.9 cm³/mol. The van der Waals surface area contributed by atoms with Crippen LogP contribution < -0.4 is 0 Å². The van der Waals surface area contributed by atoms with Crippen LogP contribution in [0, 0.1) is 0 Å². The van der Waals surface area contributed by atoms with Crippen molar-refractivity contribution >= 4 is 10.2 Å². The van der Waals surface area contributed by atoms with Crippen LogP contribution in [0.15, 0.2) is 10.8 Å². The molecule has 0 fully saturated rings. The van der Waals surface area contributed by atoms with Crippen molar-refractivity contribution in [3.63, 3.8) is 0 Å². The Morgan fingerprint density at radius 3 is 1.89 bits per heavy atom. The fraction of sp³-hybridized carbons (Fsp3) is 0.714. The van der Waals surface area contributed by atoms with Gasteiger partial charge in [0, 0.05) is 16.8 Å². The van der Waals surface area contributed by atoms with E-state index in [4.69, 9.17) is 0 Å². The minimum atomic E-state index is 1.15. The molecule has 0 atom stereocenters. The van der Waals surface area contributed by atoms with E-state index in [9.17, 15) is 0 Å². The zero-order valence-corrected chi connectivity index (χ0v) is 9.15. The zero-order valence-electron chi connectivity index (χ0n) is 7.15. The van der Waals surface area contributed by atoms with Crippen LogP contribution in [0.1, 0.15) is 13.8 Å². The van der Waals surface area contributed by atoms with Crippen LogP contribution in [0.3, 0.4) is 0 Å². The Morgan fingerprint density at radius 2 is 1.78 bits per heavy atom. The van der Waals surface area contributed by atoms with Gasteiger partial charge in [-0.1, -0.05) is 10.8 Å². The molecule has 0 bridgehead atoms. The Balaban J connectivity index is 3.77. The molecule has 0 heterocycles. The number of hydrogen-bond donors (Lipinski definition) is 0.